The number of carbonyl (C=O) groups excluding carboxylic acids is 2. The van der Waals surface area contributed by atoms with Gasteiger partial charge in [0, 0.05) is 33.3 Å². The Morgan fingerprint density at radius 1 is 0.707 bits per heavy atom. The van der Waals surface area contributed by atoms with Crippen molar-refractivity contribution in [3.8, 4) is 0 Å². The third-order valence-electron chi connectivity index (χ3n) is 8.25. The van der Waals surface area contributed by atoms with Crippen LogP contribution in [0.1, 0.15) is 69.5 Å². The topological polar surface area (TPSA) is 68.3 Å². The fourth-order valence-corrected chi connectivity index (χ4v) is 8.11. The highest BCUT2D eigenvalue weighted by molar-refractivity contribution is 7.99. The molecule has 0 aliphatic heterocycles. The van der Waals surface area contributed by atoms with Crippen LogP contribution in [-0.2, 0) is 29.1 Å². The second-order valence-corrected chi connectivity index (χ2v) is 14.1. The summed E-state index contributed by atoms with van der Waals surface area (Å²) in [4.78, 5) is 28.3. The number of hydrogen-bond donors (Lipinski definition) is 0. The van der Waals surface area contributed by atoms with Crippen molar-refractivity contribution >= 4 is 33.2 Å². The minimum atomic E-state index is -3.71. The van der Waals surface area contributed by atoms with E-state index in [2.05, 4.69) is 30.3 Å². The zero-order valence-electron chi connectivity index (χ0n) is 22.8. The summed E-state index contributed by atoms with van der Waals surface area (Å²) in [6, 6.07) is 28.4. The second-order valence-electron chi connectivity index (χ2n) is 11.0. The fourth-order valence-electron chi connectivity index (χ4n) is 5.95. The first kappa shape index (κ1) is 27.7. The highest BCUT2D eigenvalue weighted by Gasteiger charge is 2.27. The van der Waals surface area contributed by atoms with Crippen molar-refractivity contribution in [1.82, 2.24) is 0 Å². The molecule has 41 heavy (non-hydrogen) atoms. The molecule has 4 aromatic rings. The minimum Gasteiger partial charge on any atom is -0.294 e. The zero-order valence-corrected chi connectivity index (χ0v) is 24.5. The summed E-state index contributed by atoms with van der Waals surface area (Å²) >= 11 is 1.68. The van der Waals surface area contributed by atoms with Gasteiger partial charge in [-0.25, -0.2) is 8.42 Å². The first-order valence-electron chi connectivity index (χ1n) is 14.3. The van der Waals surface area contributed by atoms with Gasteiger partial charge < -0.3 is 0 Å². The Morgan fingerprint density at radius 3 is 2.24 bits per heavy atom. The van der Waals surface area contributed by atoms with Crippen molar-refractivity contribution in [2.45, 2.75) is 70.9 Å². The monoisotopic (exact) mass is 580 g/mol. The van der Waals surface area contributed by atoms with E-state index < -0.39 is 9.84 Å². The number of rotatable bonds is 8. The molecule has 6 rings (SSSR count). The first-order valence-corrected chi connectivity index (χ1v) is 16.6. The molecule has 1 unspecified atom stereocenters. The number of ketones is 2. The van der Waals surface area contributed by atoms with Gasteiger partial charge in [0.25, 0.3) is 0 Å². The Balaban J connectivity index is 1.07. The van der Waals surface area contributed by atoms with Crippen LogP contribution in [0.15, 0.2) is 111 Å². The van der Waals surface area contributed by atoms with E-state index in [1.165, 1.54) is 0 Å². The maximum absolute atomic E-state index is 13.4. The summed E-state index contributed by atoms with van der Waals surface area (Å²) in [5, 5.41) is 0. The number of fused-ring (bicyclic) bond motifs is 2. The summed E-state index contributed by atoms with van der Waals surface area (Å²) in [7, 11) is -3.71. The molecule has 2 aliphatic carbocycles. The molecule has 0 spiro atoms. The van der Waals surface area contributed by atoms with E-state index in [0.717, 1.165) is 77.0 Å². The van der Waals surface area contributed by atoms with Gasteiger partial charge in [-0.3, -0.25) is 9.59 Å². The van der Waals surface area contributed by atoms with Crippen LogP contribution in [-0.4, -0.2) is 20.0 Å². The lowest BCUT2D eigenvalue weighted by Gasteiger charge is -2.24. The number of hydrogen-bond acceptors (Lipinski definition) is 5. The van der Waals surface area contributed by atoms with Crippen LogP contribution in [0.4, 0.5) is 0 Å². The molecule has 0 amide bonds. The van der Waals surface area contributed by atoms with E-state index >= 15 is 0 Å². The van der Waals surface area contributed by atoms with Crippen molar-refractivity contribution in [2.24, 2.45) is 5.92 Å². The minimum absolute atomic E-state index is 0.0186. The van der Waals surface area contributed by atoms with E-state index in [0.29, 0.717) is 12.0 Å². The van der Waals surface area contributed by atoms with E-state index in [1.807, 2.05) is 30.3 Å². The van der Waals surface area contributed by atoms with Gasteiger partial charge >= 0.3 is 0 Å². The fraction of sp³-hybridized carbons (Fsp3) is 0.257. The van der Waals surface area contributed by atoms with E-state index in [9.17, 15) is 18.0 Å². The molecule has 4 nitrogen and oxygen atoms in total. The SMILES string of the molecule is O=C1CCCc2ccc(S(=O)(=O)c3ccc(CCCC4CCc5ccc(Sc6ccccc6)cc5C4=O)cc3)cc21. The molecular formula is C35H32O4S2. The molecular weight excluding hydrogens is 549 g/mol. The normalized spacial score (nSPS) is 16.7. The molecule has 0 fully saturated rings. The Labute approximate surface area is 246 Å². The van der Waals surface area contributed by atoms with Crippen LogP contribution in [0.2, 0.25) is 0 Å². The first-order chi connectivity index (χ1) is 19.9. The van der Waals surface area contributed by atoms with Crippen molar-refractivity contribution in [2.75, 3.05) is 0 Å². The number of Topliss-reactive ketones (excluding diaryl/α,β-unsaturated/α-hetero) is 2. The second kappa shape index (κ2) is 11.8. The zero-order chi connectivity index (χ0) is 28.4. The van der Waals surface area contributed by atoms with Crippen molar-refractivity contribution in [1.29, 1.82) is 0 Å². The Bertz CT molecular complexity index is 1710. The summed E-state index contributed by atoms with van der Waals surface area (Å²) in [6.07, 6.45) is 6.35. The van der Waals surface area contributed by atoms with Crippen LogP contribution in [0.3, 0.4) is 0 Å². The van der Waals surface area contributed by atoms with Crippen molar-refractivity contribution < 1.29 is 18.0 Å². The van der Waals surface area contributed by atoms with Crippen molar-refractivity contribution in [3.63, 3.8) is 0 Å². The van der Waals surface area contributed by atoms with E-state index in [1.54, 1.807) is 42.1 Å². The maximum atomic E-state index is 13.4. The highest BCUT2D eigenvalue weighted by atomic mass is 32.2. The van der Waals surface area contributed by atoms with Crippen molar-refractivity contribution in [3.05, 3.63) is 119 Å². The molecule has 0 heterocycles. The maximum Gasteiger partial charge on any atom is 0.206 e. The Hall–Kier alpha value is -3.48. The molecule has 2 aliphatic rings. The van der Waals surface area contributed by atoms with Gasteiger partial charge in [-0.1, -0.05) is 54.2 Å². The summed E-state index contributed by atoms with van der Waals surface area (Å²) in [6.45, 7) is 0. The molecule has 1 atom stereocenters. The standard InChI is InChI=1S/C35H32O4S2/c36-34-11-5-7-25-17-21-31(23-32(25)34)41(38,39)30-19-12-24(13-20-30)6-4-8-27-15-14-26-16-18-29(22-33(26)35(27)37)40-28-9-2-1-3-10-28/h1-3,9-10,12-13,16-23,27H,4-8,11,14-15H2. The molecule has 0 bridgehead atoms. The van der Waals surface area contributed by atoms with Gasteiger partial charge in [0.05, 0.1) is 9.79 Å². The molecule has 4 aromatic carbocycles. The lowest BCUT2D eigenvalue weighted by atomic mass is 9.80. The van der Waals surface area contributed by atoms with Gasteiger partial charge in [0.15, 0.2) is 11.6 Å². The number of aryl methyl sites for hydroxylation is 3. The summed E-state index contributed by atoms with van der Waals surface area (Å²) < 4.78 is 26.5. The quantitative estimate of drug-likeness (QED) is 0.212. The largest absolute Gasteiger partial charge is 0.294 e. The molecule has 0 radical (unpaired) electrons. The van der Waals surface area contributed by atoms with Crippen LogP contribution >= 0.6 is 11.8 Å². The molecule has 0 N–H and O–H groups in total. The average molecular weight is 581 g/mol. The Morgan fingerprint density at radius 2 is 1.44 bits per heavy atom. The van der Waals surface area contributed by atoms with Crippen LogP contribution in [0.25, 0.3) is 0 Å². The average Bonchev–Trinajstić information content (AvgIpc) is 2.99. The number of sulfone groups is 1. The lowest BCUT2D eigenvalue weighted by Crippen LogP contribution is -2.22. The van der Waals surface area contributed by atoms with Gasteiger partial charge in [0.1, 0.15) is 0 Å². The van der Waals surface area contributed by atoms with Crippen LogP contribution in [0.5, 0.6) is 0 Å². The molecule has 0 aromatic heterocycles. The number of benzene rings is 4. The predicted molar refractivity (Wildman–Crippen MR) is 162 cm³/mol. The van der Waals surface area contributed by atoms with Gasteiger partial charge in [-0.05, 0) is 110 Å². The van der Waals surface area contributed by atoms with Gasteiger partial charge in [-0.2, -0.15) is 0 Å². The van der Waals surface area contributed by atoms with Gasteiger partial charge in [-0.15, -0.1) is 0 Å². The molecule has 0 saturated heterocycles. The molecule has 6 heteroatoms. The summed E-state index contributed by atoms with van der Waals surface area (Å²) in [5.74, 6) is 0.280. The highest BCUT2D eigenvalue weighted by Crippen LogP contribution is 2.34. The molecule has 208 valence electrons. The smallest absolute Gasteiger partial charge is 0.206 e. The van der Waals surface area contributed by atoms with E-state index in [-0.39, 0.29) is 27.3 Å². The predicted octanol–water partition coefficient (Wildman–Crippen LogP) is 7.96. The Kier molecular flexibility index (Phi) is 7.96. The van der Waals surface area contributed by atoms with Crippen LogP contribution < -0.4 is 0 Å². The number of carbonyl (C=O) groups is 2. The third-order valence-corrected chi connectivity index (χ3v) is 11.0. The third kappa shape index (κ3) is 5.95. The van der Waals surface area contributed by atoms with E-state index in [4.69, 9.17) is 0 Å². The molecule has 0 saturated carbocycles. The van der Waals surface area contributed by atoms with Crippen LogP contribution in [0, 0.1) is 5.92 Å². The lowest BCUT2D eigenvalue weighted by molar-refractivity contribution is 0.0892. The van der Waals surface area contributed by atoms with Gasteiger partial charge in [0.2, 0.25) is 9.84 Å². The summed E-state index contributed by atoms with van der Waals surface area (Å²) in [5.41, 5.74) is 4.53.